The van der Waals surface area contributed by atoms with Crippen molar-refractivity contribution in [2.24, 2.45) is 5.92 Å². The van der Waals surface area contributed by atoms with E-state index in [1.165, 1.54) is 0 Å². The van der Waals surface area contributed by atoms with Gasteiger partial charge in [-0.1, -0.05) is 13.8 Å². The molecular weight excluding hydrogens is 180 g/mol. The van der Waals surface area contributed by atoms with E-state index in [1.807, 2.05) is 6.92 Å². The van der Waals surface area contributed by atoms with Gasteiger partial charge >= 0.3 is 0 Å². The van der Waals surface area contributed by atoms with Gasteiger partial charge in [0.1, 0.15) is 12.4 Å². The fourth-order valence-electron chi connectivity index (χ4n) is 0.941. The van der Waals surface area contributed by atoms with Crippen LogP contribution in [-0.2, 0) is 11.3 Å². The fraction of sp³-hybridized carbons (Fsp3) is 0.545. The summed E-state index contributed by atoms with van der Waals surface area (Å²) in [5.41, 5.74) is 0. The standard InChI is InChI=1S/C11H16O3/c1-8(2)9(3)13-7-11-5-4-10(6-12)14-11/h4-6,8-9H,7H2,1-3H3. The molecule has 1 atom stereocenters. The van der Waals surface area contributed by atoms with Crippen LogP contribution in [0.15, 0.2) is 16.5 Å². The molecule has 0 aliphatic rings. The first-order valence-electron chi connectivity index (χ1n) is 4.79. The second-order valence-corrected chi connectivity index (χ2v) is 3.68. The van der Waals surface area contributed by atoms with Gasteiger partial charge in [0.15, 0.2) is 12.0 Å². The van der Waals surface area contributed by atoms with E-state index in [2.05, 4.69) is 13.8 Å². The molecule has 0 radical (unpaired) electrons. The maximum absolute atomic E-state index is 10.3. The fourth-order valence-corrected chi connectivity index (χ4v) is 0.941. The maximum Gasteiger partial charge on any atom is 0.185 e. The van der Waals surface area contributed by atoms with Gasteiger partial charge in [-0.05, 0) is 25.0 Å². The molecule has 0 bridgehead atoms. The summed E-state index contributed by atoms with van der Waals surface area (Å²) in [7, 11) is 0. The van der Waals surface area contributed by atoms with Crippen molar-refractivity contribution in [1.29, 1.82) is 0 Å². The SMILES string of the molecule is CC(C)C(C)OCc1ccc(C=O)o1. The first kappa shape index (κ1) is 11.0. The van der Waals surface area contributed by atoms with Crippen molar-refractivity contribution in [3.63, 3.8) is 0 Å². The van der Waals surface area contributed by atoms with Crippen LogP contribution in [0.5, 0.6) is 0 Å². The van der Waals surface area contributed by atoms with Gasteiger partial charge < -0.3 is 9.15 Å². The molecule has 3 heteroatoms. The van der Waals surface area contributed by atoms with Gasteiger partial charge in [0.05, 0.1) is 6.10 Å². The number of hydrogen-bond acceptors (Lipinski definition) is 3. The van der Waals surface area contributed by atoms with Gasteiger partial charge in [-0.25, -0.2) is 0 Å². The van der Waals surface area contributed by atoms with E-state index >= 15 is 0 Å². The van der Waals surface area contributed by atoms with Crippen molar-refractivity contribution < 1.29 is 13.9 Å². The molecule has 0 aromatic carbocycles. The molecule has 0 amide bonds. The smallest absolute Gasteiger partial charge is 0.185 e. The van der Waals surface area contributed by atoms with E-state index in [1.54, 1.807) is 12.1 Å². The summed E-state index contributed by atoms with van der Waals surface area (Å²) in [6.07, 6.45) is 0.884. The minimum absolute atomic E-state index is 0.194. The summed E-state index contributed by atoms with van der Waals surface area (Å²) in [4.78, 5) is 10.3. The Morgan fingerprint density at radius 2 is 2.14 bits per heavy atom. The molecule has 0 fully saturated rings. The Morgan fingerprint density at radius 3 is 2.64 bits per heavy atom. The molecule has 1 heterocycles. The molecular formula is C11H16O3. The zero-order chi connectivity index (χ0) is 10.6. The zero-order valence-electron chi connectivity index (χ0n) is 8.82. The molecule has 14 heavy (non-hydrogen) atoms. The van der Waals surface area contributed by atoms with Crippen LogP contribution >= 0.6 is 0 Å². The van der Waals surface area contributed by atoms with Crippen LogP contribution < -0.4 is 0 Å². The van der Waals surface area contributed by atoms with Crippen molar-refractivity contribution in [1.82, 2.24) is 0 Å². The number of carbonyl (C=O) groups is 1. The van der Waals surface area contributed by atoms with Gasteiger partial charge in [0, 0.05) is 0 Å². The molecule has 1 unspecified atom stereocenters. The summed E-state index contributed by atoms with van der Waals surface area (Å²) in [5.74, 6) is 1.52. The lowest BCUT2D eigenvalue weighted by Gasteiger charge is -2.15. The molecule has 0 saturated heterocycles. The molecule has 1 aromatic rings. The summed E-state index contributed by atoms with van der Waals surface area (Å²) in [6, 6.07) is 3.41. The summed E-state index contributed by atoms with van der Waals surface area (Å²) < 4.78 is 10.7. The van der Waals surface area contributed by atoms with Crippen molar-refractivity contribution >= 4 is 6.29 Å². The maximum atomic E-state index is 10.3. The van der Waals surface area contributed by atoms with E-state index < -0.39 is 0 Å². The summed E-state index contributed by atoms with van der Waals surface area (Å²) in [5, 5.41) is 0. The number of aldehydes is 1. The predicted octanol–water partition coefficient (Wildman–Crippen LogP) is 2.65. The Hall–Kier alpha value is -1.09. The van der Waals surface area contributed by atoms with Gasteiger partial charge in [-0.3, -0.25) is 4.79 Å². The van der Waals surface area contributed by atoms with Crippen LogP contribution in [0.1, 0.15) is 37.1 Å². The quantitative estimate of drug-likeness (QED) is 0.679. The first-order chi connectivity index (χ1) is 6.63. The van der Waals surface area contributed by atoms with Crippen LogP contribution in [0.25, 0.3) is 0 Å². The Balaban J connectivity index is 2.41. The third kappa shape index (κ3) is 3.00. The second kappa shape index (κ2) is 4.96. The largest absolute Gasteiger partial charge is 0.456 e. The summed E-state index contributed by atoms with van der Waals surface area (Å²) >= 11 is 0. The Labute approximate surface area is 84.1 Å². The second-order valence-electron chi connectivity index (χ2n) is 3.68. The lowest BCUT2D eigenvalue weighted by molar-refractivity contribution is 0.0147. The van der Waals surface area contributed by atoms with Crippen molar-refractivity contribution in [2.75, 3.05) is 0 Å². The van der Waals surface area contributed by atoms with Crippen molar-refractivity contribution in [3.05, 3.63) is 23.7 Å². The molecule has 0 aliphatic heterocycles. The average Bonchev–Trinajstić information content (AvgIpc) is 2.61. The van der Waals surface area contributed by atoms with Gasteiger partial charge in [0.25, 0.3) is 0 Å². The molecule has 3 nitrogen and oxygen atoms in total. The van der Waals surface area contributed by atoms with E-state index in [-0.39, 0.29) is 6.10 Å². The first-order valence-corrected chi connectivity index (χ1v) is 4.79. The topological polar surface area (TPSA) is 39.4 Å². The van der Waals surface area contributed by atoms with Crippen molar-refractivity contribution in [2.45, 2.75) is 33.5 Å². The summed E-state index contributed by atoms with van der Waals surface area (Å²) in [6.45, 7) is 6.65. The van der Waals surface area contributed by atoms with E-state index in [4.69, 9.17) is 9.15 Å². The lowest BCUT2D eigenvalue weighted by atomic mass is 10.1. The van der Waals surface area contributed by atoms with E-state index in [0.717, 1.165) is 0 Å². The lowest BCUT2D eigenvalue weighted by Crippen LogP contribution is -2.14. The average molecular weight is 196 g/mol. The Morgan fingerprint density at radius 1 is 1.43 bits per heavy atom. The third-order valence-corrected chi connectivity index (χ3v) is 2.23. The molecule has 78 valence electrons. The number of carbonyl (C=O) groups excluding carboxylic acids is 1. The van der Waals surface area contributed by atoms with Crippen molar-refractivity contribution in [3.8, 4) is 0 Å². The molecule has 0 saturated carbocycles. The minimum Gasteiger partial charge on any atom is -0.456 e. The number of hydrogen-bond donors (Lipinski definition) is 0. The number of ether oxygens (including phenoxy) is 1. The van der Waals surface area contributed by atoms with Gasteiger partial charge in [-0.2, -0.15) is 0 Å². The Kier molecular flexibility index (Phi) is 3.89. The number of furan rings is 1. The predicted molar refractivity (Wildman–Crippen MR) is 53.2 cm³/mol. The zero-order valence-corrected chi connectivity index (χ0v) is 8.82. The third-order valence-electron chi connectivity index (χ3n) is 2.23. The van der Waals surface area contributed by atoms with Crippen LogP contribution in [-0.4, -0.2) is 12.4 Å². The van der Waals surface area contributed by atoms with Crippen LogP contribution in [0.4, 0.5) is 0 Å². The van der Waals surface area contributed by atoms with E-state index in [0.29, 0.717) is 30.3 Å². The molecule has 0 N–H and O–H groups in total. The number of rotatable bonds is 5. The van der Waals surface area contributed by atoms with E-state index in [9.17, 15) is 4.79 Å². The Bertz CT molecular complexity index is 288. The van der Waals surface area contributed by atoms with Gasteiger partial charge in [-0.15, -0.1) is 0 Å². The minimum atomic E-state index is 0.194. The highest BCUT2D eigenvalue weighted by Gasteiger charge is 2.08. The molecule has 0 spiro atoms. The molecule has 0 aliphatic carbocycles. The normalized spacial score (nSPS) is 13.1. The highest BCUT2D eigenvalue weighted by molar-refractivity contribution is 5.70. The highest BCUT2D eigenvalue weighted by atomic mass is 16.5. The molecule has 1 aromatic heterocycles. The van der Waals surface area contributed by atoms with Crippen LogP contribution in [0.2, 0.25) is 0 Å². The monoisotopic (exact) mass is 196 g/mol. The van der Waals surface area contributed by atoms with Crippen LogP contribution in [0.3, 0.4) is 0 Å². The molecule has 1 rings (SSSR count). The van der Waals surface area contributed by atoms with Gasteiger partial charge in [0.2, 0.25) is 0 Å². The van der Waals surface area contributed by atoms with Crippen LogP contribution in [0, 0.1) is 5.92 Å². The highest BCUT2D eigenvalue weighted by Crippen LogP contribution is 2.11.